The lowest BCUT2D eigenvalue weighted by Crippen LogP contribution is -2.38. The number of hydrogen-bond donors (Lipinski definition) is 1. The summed E-state index contributed by atoms with van der Waals surface area (Å²) in [5.74, 6) is 0.0776. The zero-order valence-electron chi connectivity index (χ0n) is 16.0. The Morgan fingerprint density at radius 2 is 1.80 bits per heavy atom. The van der Waals surface area contributed by atoms with E-state index in [1.54, 1.807) is 24.3 Å². The summed E-state index contributed by atoms with van der Waals surface area (Å²) in [6, 6.07) is 6.70. The van der Waals surface area contributed by atoms with E-state index in [-0.39, 0.29) is 23.4 Å². The molecule has 0 aliphatic rings. The second-order valence-electron chi connectivity index (χ2n) is 7.29. The van der Waals surface area contributed by atoms with E-state index in [9.17, 15) is 8.42 Å². The topological polar surface area (TPSA) is 55.4 Å². The summed E-state index contributed by atoms with van der Waals surface area (Å²) in [5.41, 5.74) is 0.748. The van der Waals surface area contributed by atoms with Gasteiger partial charge in [0, 0.05) is 6.04 Å². The summed E-state index contributed by atoms with van der Waals surface area (Å²) < 4.78 is 30.8. The fourth-order valence-corrected chi connectivity index (χ4v) is 3.11. The van der Waals surface area contributed by atoms with Gasteiger partial charge in [0.15, 0.2) is 9.84 Å². The van der Waals surface area contributed by atoms with Crippen molar-refractivity contribution in [2.75, 3.05) is 12.5 Å². The first kappa shape index (κ1) is 21.6. The third-order valence-electron chi connectivity index (χ3n) is 3.63. The molecular formula is C20H31NO3S. The molecule has 140 valence electrons. The number of rotatable bonds is 9. The van der Waals surface area contributed by atoms with E-state index in [1.807, 2.05) is 52.8 Å². The summed E-state index contributed by atoms with van der Waals surface area (Å²) in [7, 11) is -3.39. The van der Waals surface area contributed by atoms with Crippen LogP contribution in [0.2, 0.25) is 0 Å². The van der Waals surface area contributed by atoms with Crippen LogP contribution in [0.3, 0.4) is 0 Å². The average molecular weight is 366 g/mol. The fourth-order valence-electron chi connectivity index (χ4n) is 1.96. The molecule has 0 aliphatic carbocycles. The first-order valence-corrected chi connectivity index (χ1v) is 10.2. The van der Waals surface area contributed by atoms with Crippen LogP contribution in [0.5, 0.6) is 0 Å². The smallest absolute Gasteiger partial charge is 0.191 e. The van der Waals surface area contributed by atoms with Gasteiger partial charge in [-0.15, -0.1) is 6.58 Å². The van der Waals surface area contributed by atoms with E-state index in [4.69, 9.17) is 4.74 Å². The molecule has 4 nitrogen and oxygen atoms in total. The van der Waals surface area contributed by atoms with Gasteiger partial charge in [0.25, 0.3) is 0 Å². The molecule has 0 radical (unpaired) electrons. The first-order valence-electron chi connectivity index (χ1n) is 8.51. The molecule has 5 heteroatoms. The standard InChI is InChI=1S/C20H31NO3S/c1-7-16(2)8-11-18(14-24-20(4,5)6)21-15-25(22,23)19-12-9-17(3)10-13-19/h7-13,16,18,21H,1,14-15H2,2-6H3/t16-,18-/m1/s1. The Labute approximate surface area is 152 Å². The first-order chi connectivity index (χ1) is 11.5. The van der Waals surface area contributed by atoms with Gasteiger partial charge in [0.2, 0.25) is 0 Å². The molecule has 0 spiro atoms. The Bertz CT molecular complexity index is 670. The Morgan fingerprint density at radius 1 is 1.20 bits per heavy atom. The molecule has 0 saturated carbocycles. The lowest BCUT2D eigenvalue weighted by atomic mass is 10.1. The number of nitrogens with one attached hydrogen (secondary N) is 1. The van der Waals surface area contributed by atoms with Crippen molar-refractivity contribution in [3.8, 4) is 0 Å². The molecule has 1 aromatic carbocycles. The largest absolute Gasteiger partial charge is 0.374 e. The number of hydrogen-bond acceptors (Lipinski definition) is 4. The van der Waals surface area contributed by atoms with Crippen LogP contribution in [0, 0.1) is 12.8 Å². The van der Waals surface area contributed by atoms with Crippen LogP contribution < -0.4 is 5.32 Å². The third kappa shape index (κ3) is 8.47. The Balaban J connectivity index is 2.80. The van der Waals surface area contributed by atoms with Crippen molar-refractivity contribution in [1.29, 1.82) is 0 Å². The van der Waals surface area contributed by atoms with Crippen LogP contribution in [-0.4, -0.2) is 32.5 Å². The second kappa shape index (κ2) is 9.32. The zero-order chi connectivity index (χ0) is 19.1. The lowest BCUT2D eigenvalue weighted by Gasteiger charge is -2.24. The van der Waals surface area contributed by atoms with E-state index >= 15 is 0 Å². The number of aryl methyl sites for hydroxylation is 1. The molecule has 0 unspecified atom stereocenters. The molecule has 0 saturated heterocycles. The number of ether oxygens (including phenoxy) is 1. The van der Waals surface area contributed by atoms with E-state index in [1.165, 1.54) is 0 Å². The van der Waals surface area contributed by atoms with Gasteiger partial charge in [-0.2, -0.15) is 0 Å². The van der Waals surface area contributed by atoms with Crippen LogP contribution >= 0.6 is 0 Å². The van der Waals surface area contributed by atoms with Gasteiger partial charge >= 0.3 is 0 Å². The molecule has 1 N–H and O–H groups in total. The highest BCUT2D eigenvalue weighted by Gasteiger charge is 2.18. The van der Waals surface area contributed by atoms with Crippen molar-refractivity contribution < 1.29 is 13.2 Å². The van der Waals surface area contributed by atoms with Crippen LogP contribution in [0.1, 0.15) is 33.3 Å². The molecule has 0 aromatic heterocycles. The Hall–Kier alpha value is -1.43. The van der Waals surface area contributed by atoms with Crippen molar-refractivity contribution in [1.82, 2.24) is 5.32 Å². The lowest BCUT2D eigenvalue weighted by molar-refractivity contribution is -0.00840. The van der Waals surface area contributed by atoms with Crippen molar-refractivity contribution in [2.24, 2.45) is 5.92 Å². The van der Waals surface area contributed by atoms with Gasteiger partial charge in [-0.3, -0.25) is 5.32 Å². The molecule has 0 bridgehead atoms. The van der Waals surface area contributed by atoms with Gasteiger partial charge in [-0.05, 0) is 45.7 Å². The van der Waals surface area contributed by atoms with Crippen molar-refractivity contribution >= 4 is 9.84 Å². The van der Waals surface area contributed by atoms with Crippen LogP contribution in [-0.2, 0) is 14.6 Å². The van der Waals surface area contributed by atoms with Crippen LogP contribution in [0.4, 0.5) is 0 Å². The minimum absolute atomic E-state index is 0.138. The van der Waals surface area contributed by atoms with Crippen molar-refractivity contribution in [2.45, 2.75) is 51.2 Å². The predicted octanol–water partition coefficient (Wildman–Crippen LogP) is 3.88. The summed E-state index contributed by atoms with van der Waals surface area (Å²) >= 11 is 0. The molecule has 0 aliphatic heterocycles. The number of benzene rings is 1. The molecular weight excluding hydrogens is 334 g/mol. The summed E-state index contributed by atoms with van der Waals surface area (Å²) in [5, 5.41) is 3.09. The van der Waals surface area contributed by atoms with Gasteiger partial charge in [-0.1, -0.05) is 42.8 Å². The highest BCUT2D eigenvalue weighted by molar-refractivity contribution is 7.91. The van der Waals surface area contributed by atoms with Crippen molar-refractivity contribution in [3.05, 3.63) is 54.6 Å². The van der Waals surface area contributed by atoms with Gasteiger partial charge in [0.1, 0.15) is 5.88 Å². The summed E-state index contributed by atoms with van der Waals surface area (Å²) in [6.07, 6.45) is 5.78. The molecule has 0 fully saturated rings. The molecule has 0 amide bonds. The maximum Gasteiger partial charge on any atom is 0.191 e. The van der Waals surface area contributed by atoms with Gasteiger partial charge < -0.3 is 4.74 Å². The minimum Gasteiger partial charge on any atom is -0.374 e. The average Bonchev–Trinajstić information content (AvgIpc) is 2.53. The monoisotopic (exact) mass is 365 g/mol. The highest BCUT2D eigenvalue weighted by Crippen LogP contribution is 2.13. The maximum atomic E-state index is 12.5. The molecule has 1 rings (SSSR count). The summed E-state index contributed by atoms with van der Waals surface area (Å²) in [6.45, 7) is 14.0. The van der Waals surface area contributed by atoms with Crippen LogP contribution in [0.15, 0.2) is 54.0 Å². The number of sulfone groups is 1. The molecule has 1 aromatic rings. The SMILES string of the molecule is C=C[C@@H](C)C=C[C@H](COC(C)(C)C)NCS(=O)(=O)c1ccc(C)cc1. The molecule has 25 heavy (non-hydrogen) atoms. The van der Waals surface area contributed by atoms with Crippen LogP contribution in [0.25, 0.3) is 0 Å². The van der Waals surface area contributed by atoms with E-state index in [0.717, 1.165) is 5.56 Å². The van der Waals surface area contributed by atoms with E-state index in [2.05, 4.69) is 11.9 Å². The molecule has 2 atom stereocenters. The van der Waals surface area contributed by atoms with Gasteiger partial charge in [0.05, 0.1) is 17.1 Å². The van der Waals surface area contributed by atoms with E-state index < -0.39 is 9.84 Å². The Kier molecular flexibility index (Phi) is 8.06. The third-order valence-corrected chi connectivity index (χ3v) is 5.17. The Morgan fingerprint density at radius 3 is 2.32 bits per heavy atom. The fraction of sp³-hybridized carbons (Fsp3) is 0.500. The highest BCUT2D eigenvalue weighted by atomic mass is 32.2. The minimum atomic E-state index is -3.39. The number of allylic oxidation sites excluding steroid dienone is 2. The molecule has 0 heterocycles. The summed E-state index contributed by atoms with van der Waals surface area (Å²) in [4.78, 5) is 0.324. The second-order valence-corrected chi connectivity index (χ2v) is 9.28. The van der Waals surface area contributed by atoms with Gasteiger partial charge in [-0.25, -0.2) is 8.42 Å². The van der Waals surface area contributed by atoms with Crippen molar-refractivity contribution in [3.63, 3.8) is 0 Å². The predicted molar refractivity (Wildman–Crippen MR) is 104 cm³/mol. The maximum absolute atomic E-state index is 12.5. The van der Waals surface area contributed by atoms with E-state index in [0.29, 0.717) is 11.5 Å². The normalized spacial score (nSPS) is 15.2. The quantitative estimate of drug-likeness (QED) is 0.675. The zero-order valence-corrected chi connectivity index (χ0v) is 16.8.